The Morgan fingerprint density at radius 2 is 1.90 bits per heavy atom. The molecule has 114 valence electrons. The van der Waals surface area contributed by atoms with E-state index in [1.165, 1.54) is 0 Å². The van der Waals surface area contributed by atoms with Gasteiger partial charge >= 0.3 is 0 Å². The molecule has 2 aromatic rings. The van der Waals surface area contributed by atoms with Crippen molar-refractivity contribution in [1.29, 1.82) is 0 Å². The quantitative estimate of drug-likeness (QED) is 0.823. The fourth-order valence-corrected chi connectivity index (χ4v) is 4.17. The number of nitrogens with one attached hydrogen (secondary N) is 2. The van der Waals surface area contributed by atoms with Gasteiger partial charge in [0.05, 0.1) is 4.90 Å². The number of hydrogen-bond donors (Lipinski definition) is 2. The molecule has 0 aliphatic rings. The highest BCUT2D eigenvalue weighted by Crippen LogP contribution is 2.18. The summed E-state index contributed by atoms with van der Waals surface area (Å²) in [5.41, 5.74) is 1.90. The number of benzene rings is 1. The number of sulfonamides is 1. The fraction of sp³-hybridized carbons (Fsp3) is 0.333. The van der Waals surface area contributed by atoms with Crippen molar-refractivity contribution in [3.05, 3.63) is 51.7 Å². The SMILES string of the molecule is CCNCc1ccccc1S(=O)(=O)NCc1sccc1C. The van der Waals surface area contributed by atoms with Gasteiger partial charge in [0.25, 0.3) is 0 Å². The van der Waals surface area contributed by atoms with Gasteiger partial charge in [0, 0.05) is 18.0 Å². The minimum atomic E-state index is -3.50. The lowest BCUT2D eigenvalue weighted by molar-refractivity contribution is 0.579. The van der Waals surface area contributed by atoms with Crippen molar-refractivity contribution in [2.24, 2.45) is 0 Å². The average Bonchev–Trinajstić information content (AvgIpc) is 2.89. The maximum Gasteiger partial charge on any atom is 0.241 e. The molecule has 0 spiro atoms. The van der Waals surface area contributed by atoms with Crippen LogP contribution in [0, 0.1) is 6.92 Å². The fourth-order valence-electron chi connectivity index (χ4n) is 2.00. The highest BCUT2D eigenvalue weighted by Gasteiger charge is 2.18. The van der Waals surface area contributed by atoms with E-state index in [0.717, 1.165) is 22.5 Å². The summed E-state index contributed by atoms with van der Waals surface area (Å²) in [4.78, 5) is 1.39. The third-order valence-corrected chi connectivity index (χ3v) is 5.74. The van der Waals surface area contributed by atoms with E-state index in [-0.39, 0.29) is 0 Å². The molecule has 2 N–H and O–H groups in total. The van der Waals surface area contributed by atoms with Gasteiger partial charge in [-0.15, -0.1) is 11.3 Å². The van der Waals surface area contributed by atoms with Crippen molar-refractivity contribution in [3.63, 3.8) is 0 Å². The lowest BCUT2D eigenvalue weighted by atomic mass is 10.2. The van der Waals surface area contributed by atoms with Crippen molar-refractivity contribution >= 4 is 21.4 Å². The summed E-state index contributed by atoms with van der Waals surface area (Å²) in [5, 5.41) is 5.14. The summed E-state index contributed by atoms with van der Waals surface area (Å²) in [6.07, 6.45) is 0. The highest BCUT2D eigenvalue weighted by molar-refractivity contribution is 7.89. The van der Waals surface area contributed by atoms with Crippen molar-refractivity contribution in [3.8, 4) is 0 Å². The Bertz CT molecular complexity index is 693. The summed E-state index contributed by atoms with van der Waals surface area (Å²) < 4.78 is 27.7. The Hall–Kier alpha value is -1.21. The molecule has 4 nitrogen and oxygen atoms in total. The molecule has 0 aliphatic heterocycles. The first kappa shape index (κ1) is 16.2. The molecule has 1 heterocycles. The molecule has 0 fully saturated rings. The average molecular weight is 324 g/mol. The van der Waals surface area contributed by atoms with Crippen LogP contribution < -0.4 is 10.0 Å². The first-order chi connectivity index (χ1) is 10.0. The van der Waals surface area contributed by atoms with Crippen LogP contribution in [0.1, 0.15) is 22.9 Å². The van der Waals surface area contributed by atoms with Crippen LogP contribution in [0.15, 0.2) is 40.6 Å². The molecule has 1 aromatic carbocycles. The van der Waals surface area contributed by atoms with Gasteiger partial charge in [-0.2, -0.15) is 0 Å². The van der Waals surface area contributed by atoms with Gasteiger partial charge in [-0.25, -0.2) is 13.1 Å². The van der Waals surface area contributed by atoms with E-state index in [4.69, 9.17) is 0 Å². The van der Waals surface area contributed by atoms with E-state index in [1.807, 2.05) is 37.4 Å². The van der Waals surface area contributed by atoms with Crippen LogP contribution in [0.2, 0.25) is 0 Å². The summed E-state index contributed by atoms with van der Waals surface area (Å²) in [6, 6.07) is 9.09. The second-order valence-electron chi connectivity index (χ2n) is 4.74. The number of aryl methyl sites for hydroxylation is 1. The summed E-state index contributed by atoms with van der Waals surface area (Å²) in [5.74, 6) is 0. The number of thiophene rings is 1. The first-order valence-corrected chi connectivity index (χ1v) is 9.22. The zero-order valence-corrected chi connectivity index (χ0v) is 13.9. The van der Waals surface area contributed by atoms with E-state index >= 15 is 0 Å². The van der Waals surface area contributed by atoms with Crippen molar-refractivity contribution in [2.45, 2.75) is 31.8 Å². The molecule has 0 amide bonds. The third kappa shape index (κ3) is 4.14. The van der Waals surface area contributed by atoms with Crippen molar-refractivity contribution < 1.29 is 8.42 Å². The predicted octanol–water partition coefficient (Wildman–Crippen LogP) is 2.64. The molecule has 0 bridgehead atoms. The Labute approximate surface area is 130 Å². The summed E-state index contributed by atoms with van der Waals surface area (Å²) in [6.45, 7) is 5.66. The van der Waals surface area contributed by atoms with Gasteiger partial charge in [0.1, 0.15) is 0 Å². The zero-order chi connectivity index (χ0) is 15.3. The molecule has 0 saturated heterocycles. The van der Waals surface area contributed by atoms with Gasteiger partial charge in [-0.1, -0.05) is 25.1 Å². The molecule has 0 saturated carbocycles. The van der Waals surface area contributed by atoms with E-state index in [2.05, 4.69) is 10.0 Å². The monoisotopic (exact) mass is 324 g/mol. The highest BCUT2D eigenvalue weighted by atomic mass is 32.2. The number of hydrogen-bond acceptors (Lipinski definition) is 4. The Kier molecular flexibility index (Phi) is 5.52. The topological polar surface area (TPSA) is 58.2 Å². The smallest absolute Gasteiger partial charge is 0.241 e. The Balaban J connectivity index is 2.17. The van der Waals surface area contributed by atoms with Crippen LogP contribution >= 0.6 is 11.3 Å². The third-order valence-electron chi connectivity index (χ3n) is 3.22. The van der Waals surface area contributed by atoms with Gasteiger partial charge in [-0.3, -0.25) is 0 Å². The largest absolute Gasteiger partial charge is 0.313 e. The van der Waals surface area contributed by atoms with Gasteiger partial charge < -0.3 is 5.32 Å². The predicted molar refractivity (Wildman–Crippen MR) is 86.9 cm³/mol. The lowest BCUT2D eigenvalue weighted by Gasteiger charge is -2.11. The zero-order valence-electron chi connectivity index (χ0n) is 12.2. The molecular weight excluding hydrogens is 304 g/mol. The Morgan fingerprint density at radius 3 is 2.57 bits per heavy atom. The van der Waals surface area contributed by atoms with Crippen LogP contribution in [0.4, 0.5) is 0 Å². The van der Waals surface area contributed by atoms with E-state index < -0.39 is 10.0 Å². The normalized spacial score (nSPS) is 11.7. The maximum atomic E-state index is 12.5. The molecule has 0 radical (unpaired) electrons. The molecule has 1 aromatic heterocycles. The molecule has 21 heavy (non-hydrogen) atoms. The summed E-state index contributed by atoms with van der Waals surface area (Å²) in [7, 11) is -3.50. The van der Waals surface area contributed by atoms with E-state index in [1.54, 1.807) is 23.5 Å². The van der Waals surface area contributed by atoms with E-state index in [0.29, 0.717) is 18.0 Å². The van der Waals surface area contributed by atoms with Crippen molar-refractivity contribution in [1.82, 2.24) is 10.0 Å². The van der Waals surface area contributed by atoms with Crippen LogP contribution in [-0.4, -0.2) is 15.0 Å². The maximum absolute atomic E-state index is 12.5. The van der Waals surface area contributed by atoms with Gasteiger partial charge in [0.2, 0.25) is 10.0 Å². The molecular formula is C15H20N2O2S2. The van der Waals surface area contributed by atoms with Crippen LogP contribution in [0.3, 0.4) is 0 Å². The molecule has 2 rings (SSSR count). The first-order valence-electron chi connectivity index (χ1n) is 6.86. The molecule has 6 heteroatoms. The minimum absolute atomic E-state index is 0.335. The lowest BCUT2D eigenvalue weighted by Crippen LogP contribution is -2.25. The van der Waals surface area contributed by atoms with E-state index in [9.17, 15) is 8.42 Å². The second kappa shape index (κ2) is 7.17. The summed E-state index contributed by atoms with van der Waals surface area (Å²) >= 11 is 1.56. The van der Waals surface area contributed by atoms with Gasteiger partial charge in [0.15, 0.2) is 0 Å². The van der Waals surface area contributed by atoms with Crippen LogP contribution in [0.25, 0.3) is 0 Å². The molecule has 0 aliphatic carbocycles. The molecule has 0 unspecified atom stereocenters. The van der Waals surface area contributed by atoms with Gasteiger partial charge in [-0.05, 0) is 42.1 Å². The standard InChI is InChI=1S/C15H20N2O2S2/c1-3-16-10-13-6-4-5-7-15(13)21(18,19)17-11-14-12(2)8-9-20-14/h4-9,16-17H,3,10-11H2,1-2H3. The number of rotatable bonds is 7. The minimum Gasteiger partial charge on any atom is -0.313 e. The Morgan fingerprint density at radius 1 is 1.14 bits per heavy atom. The molecule has 0 atom stereocenters. The van der Waals surface area contributed by atoms with Crippen LogP contribution in [0.5, 0.6) is 0 Å². The second-order valence-corrected chi connectivity index (χ2v) is 7.48. The van der Waals surface area contributed by atoms with Crippen molar-refractivity contribution in [2.75, 3.05) is 6.54 Å². The van der Waals surface area contributed by atoms with Crippen LogP contribution in [-0.2, 0) is 23.1 Å².